The minimum Gasteiger partial charge on any atom is -0.381 e. The number of hydrogen-bond acceptors (Lipinski definition) is 2. The Hall–Kier alpha value is -0.0400. The third-order valence-electron chi connectivity index (χ3n) is 2.80. The van der Waals surface area contributed by atoms with Crippen LogP contribution < -0.4 is 10.6 Å². The van der Waals surface area contributed by atoms with Crippen molar-refractivity contribution in [3.8, 4) is 0 Å². The predicted molar refractivity (Wildman–Crippen MR) is 94.5 cm³/mol. The molecule has 0 heterocycles. The van der Waals surface area contributed by atoms with Crippen molar-refractivity contribution in [2.24, 2.45) is 16.8 Å². The van der Waals surface area contributed by atoms with Gasteiger partial charge in [0.2, 0.25) is 0 Å². The van der Waals surface area contributed by atoms with Crippen molar-refractivity contribution >= 4 is 29.9 Å². The standard InChI is InChI=1S/C14H31N3O.HI/c1-11(2)10-18-9-7-8-16-14(15-6)17-13(5)12(3)4;/h11-13H,7-10H2,1-6H3,(H2,15,16,17);1H. The fraction of sp³-hybridized carbons (Fsp3) is 0.929. The van der Waals surface area contributed by atoms with Gasteiger partial charge < -0.3 is 15.4 Å². The van der Waals surface area contributed by atoms with Gasteiger partial charge in [0.1, 0.15) is 0 Å². The van der Waals surface area contributed by atoms with Gasteiger partial charge in [-0.2, -0.15) is 0 Å². The summed E-state index contributed by atoms with van der Waals surface area (Å²) in [4.78, 5) is 4.21. The van der Waals surface area contributed by atoms with E-state index in [0.717, 1.165) is 32.1 Å². The van der Waals surface area contributed by atoms with Crippen LogP contribution in [-0.4, -0.2) is 38.8 Å². The lowest BCUT2D eigenvalue weighted by Crippen LogP contribution is -2.44. The summed E-state index contributed by atoms with van der Waals surface area (Å²) in [5.74, 6) is 2.08. The molecule has 0 aromatic heterocycles. The maximum atomic E-state index is 5.53. The van der Waals surface area contributed by atoms with Crippen LogP contribution in [0.4, 0.5) is 0 Å². The molecule has 0 aliphatic heterocycles. The van der Waals surface area contributed by atoms with E-state index in [-0.39, 0.29) is 24.0 Å². The molecule has 0 rings (SSSR count). The zero-order valence-corrected chi connectivity index (χ0v) is 15.7. The summed E-state index contributed by atoms with van der Waals surface area (Å²) >= 11 is 0. The van der Waals surface area contributed by atoms with Gasteiger partial charge in [-0.3, -0.25) is 4.99 Å². The number of halogens is 1. The Labute approximate surface area is 136 Å². The molecule has 0 saturated heterocycles. The first kappa shape index (κ1) is 21.3. The van der Waals surface area contributed by atoms with Gasteiger partial charge in [0.05, 0.1) is 0 Å². The van der Waals surface area contributed by atoms with Crippen molar-refractivity contribution in [1.29, 1.82) is 0 Å². The number of nitrogens with one attached hydrogen (secondary N) is 2. The highest BCUT2D eigenvalue weighted by Crippen LogP contribution is 1.99. The number of guanidine groups is 1. The summed E-state index contributed by atoms with van der Waals surface area (Å²) in [6, 6.07) is 0.424. The highest BCUT2D eigenvalue weighted by Gasteiger charge is 2.08. The molecule has 0 bridgehead atoms. The third kappa shape index (κ3) is 12.7. The molecule has 4 nitrogen and oxygen atoms in total. The number of ether oxygens (including phenoxy) is 1. The van der Waals surface area contributed by atoms with Gasteiger partial charge in [0.25, 0.3) is 0 Å². The molecule has 0 spiro atoms. The van der Waals surface area contributed by atoms with Gasteiger partial charge in [-0.1, -0.05) is 27.7 Å². The van der Waals surface area contributed by atoms with Gasteiger partial charge in [-0.15, -0.1) is 24.0 Å². The van der Waals surface area contributed by atoms with E-state index >= 15 is 0 Å². The second kappa shape index (κ2) is 13.0. The zero-order chi connectivity index (χ0) is 14.0. The van der Waals surface area contributed by atoms with Crippen LogP contribution in [0.15, 0.2) is 4.99 Å². The van der Waals surface area contributed by atoms with E-state index in [9.17, 15) is 0 Å². The van der Waals surface area contributed by atoms with E-state index in [0.29, 0.717) is 17.9 Å². The monoisotopic (exact) mass is 385 g/mol. The van der Waals surface area contributed by atoms with Gasteiger partial charge in [-0.05, 0) is 25.2 Å². The normalized spacial score (nSPS) is 13.4. The van der Waals surface area contributed by atoms with E-state index in [1.54, 1.807) is 7.05 Å². The minimum atomic E-state index is 0. The van der Waals surface area contributed by atoms with Crippen LogP contribution in [-0.2, 0) is 4.74 Å². The summed E-state index contributed by atoms with van der Waals surface area (Å²) < 4.78 is 5.53. The second-order valence-corrected chi connectivity index (χ2v) is 5.50. The zero-order valence-electron chi connectivity index (χ0n) is 13.3. The van der Waals surface area contributed by atoms with E-state index in [1.165, 1.54) is 0 Å². The van der Waals surface area contributed by atoms with Crippen LogP contribution in [0.2, 0.25) is 0 Å². The fourth-order valence-electron chi connectivity index (χ4n) is 1.28. The summed E-state index contributed by atoms with van der Waals surface area (Å²) in [5.41, 5.74) is 0. The topological polar surface area (TPSA) is 45.7 Å². The molecule has 0 aromatic carbocycles. The van der Waals surface area contributed by atoms with Crippen LogP contribution >= 0.6 is 24.0 Å². The Kier molecular flexibility index (Phi) is 14.5. The molecule has 5 heteroatoms. The van der Waals surface area contributed by atoms with Crippen LogP contribution in [0.1, 0.15) is 41.0 Å². The molecule has 0 aliphatic carbocycles. The van der Waals surface area contributed by atoms with Crippen molar-refractivity contribution in [3.63, 3.8) is 0 Å². The summed E-state index contributed by atoms with van der Waals surface area (Å²) in [5, 5.41) is 6.68. The Bertz CT molecular complexity index is 233. The lowest BCUT2D eigenvalue weighted by atomic mass is 10.1. The molecule has 0 fully saturated rings. The molecule has 0 aromatic rings. The fourth-order valence-corrected chi connectivity index (χ4v) is 1.28. The van der Waals surface area contributed by atoms with Crippen molar-refractivity contribution in [3.05, 3.63) is 0 Å². The van der Waals surface area contributed by atoms with Crippen LogP contribution in [0.25, 0.3) is 0 Å². The molecule has 1 unspecified atom stereocenters. The highest BCUT2D eigenvalue weighted by molar-refractivity contribution is 14.0. The average Bonchev–Trinajstić information content (AvgIpc) is 2.31. The Balaban J connectivity index is 0. The van der Waals surface area contributed by atoms with Crippen molar-refractivity contribution in [2.75, 3.05) is 26.8 Å². The predicted octanol–water partition coefficient (Wildman–Crippen LogP) is 2.88. The first-order chi connectivity index (χ1) is 8.47. The van der Waals surface area contributed by atoms with Gasteiger partial charge >= 0.3 is 0 Å². The van der Waals surface area contributed by atoms with Crippen molar-refractivity contribution < 1.29 is 4.74 Å². The maximum absolute atomic E-state index is 5.53. The molecule has 116 valence electrons. The molecular formula is C14H32IN3O. The number of rotatable bonds is 8. The lowest BCUT2D eigenvalue weighted by molar-refractivity contribution is 0.108. The second-order valence-electron chi connectivity index (χ2n) is 5.50. The van der Waals surface area contributed by atoms with Gasteiger partial charge in [0.15, 0.2) is 5.96 Å². The van der Waals surface area contributed by atoms with Crippen molar-refractivity contribution in [2.45, 2.75) is 47.1 Å². The molecule has 0 saturated carbocycles. The quantitative estimate of drug-likeness (QED) is 0.292. The number of hydrogen-bond donors (Lipinski definition) is 2. The van der Waals surface area contributed by atoms with Crippen molar-refractivity contribution in [1.82, 2.24) is 10.6 Å². The molecule has 0 aliphatic rings. The SMILES string of the molecule is CN=C(NCCCOCC(C)C)NC(C)C(C)C.I. The third-order valence-corrected chi connectivity index (χ3v) is 2.80. The van der Waals surface area contributed by atoms with Crippen LogP contribution in [0.5, 0.6) is 0 Å². The minimum absolute atomic E-state index is 0. The van der Waals surface area contributed by atoms with E-state index < -0.39 is 0 Å². The molecule has 0 amide bonds. The number of aliphatic imine (C=N–C) groups is 1. The smallest absolute Gasteiger partial charge is 0.191 e. The molecular weight excluding hydrogens is 353 g/mol. The van der Waals surface area contributed by atoms with E-state index in [1.807, 2.05) is 0 Å². The highest BCUT2D eigenvalue weighted by atomic mass is 127. The van der Waals surface area contributed by atoms with Gasteiger partial charge in [-0.25, -0.2) is 0 Å². The summed E-state index contributed by atoms with van der Waals surface area (Å²) in [7, 11) is 1.80. The summed E-state index contributed by atoms with van der Waals surface area (Å²) in [6.07, 6.45) is 1.00. The molecule has 0 radical (unpaired) electrons. The average molecular weight is 385 g/mol. The first-order valence-electron chi connectivity index (χ1n) is 7.02. The maximum Gasteiger partial charge on any atom is 0.191 e. The van der Waals surface area contributed by atoms with E-state index in [2.05, 4.69) is 50.2 Å². The van der Waals surface area contributed by atoms with Gasteiger partial charge in [0, 0.05) is 32.8 Å². The largest absolute Gasteiger partial charge is 0.381 e. The molecule has 19 heavy (non-hydrogen) atoms. The molecule has 1 atom stereocenters. The number of nitrogens with zero attached hydrogens (tertiary/aromatic N) is 1. The van der Waals surface area contributed by atoms with Crippen LogP contribution in [0.3, 0.4) is 0 Å². The molecule has 2 N–H and O–H groups in total. The lowest BCUT2D eigenvalue weighted by Gasteiger charge is -2.20. The van der Waals surface area contributed by atoms with Crippen LogP contribution in [0, 0.1) is 11.8 Å². The Morgan fingerprint density at radius 3 is 2.26 bits per heavy atom. The first-order valence-corrected chi connectivity index (χ1v) is 7.02. The summed E-state index contributed by atoms with van der Waals surface area (Å²) in [6.45, 7) is 13.4. The van der Waals surface area contributed by atoms with E-state index in [4.69, 9.17) is 4.74 Å². The Morgan fingerprint density at radius 1 is 1.16 bits per heavy atom. The Morgan fingerprint density at radius 2 is 1.79 bits per heavy atom.